The van der Waals surface area contributed by atoms with E-state index < -0.39 is 22.1 Å². The molecule has 1 heterocycles. The monoisotopic (exact) mass is 332 g/mol. The van der Waals surface area contributed by atoms with Gasteiger partial charge in [-0.2, -0.15) is 0 Å². The van der Waals surface area contributed by atoms with Gasteiger partial charge in [-0.1, -0.05) is 0 Å². The second kappa shape index (κ2) is 6.32. The Labute approximate surface area is 124 Å². The number of nitrogens with zero attached hydrogens (tertiary/aromatic N) is 1. The smallest absolute Gasteiger partial charge is 0.406 e. The van der Waals surface area contributed by atoms with Crippen LogP contribution >= 0.6 is 0 Å². The molecule has 118 valence electrons. The highest BCUT2D eigenvalue weighted by Gasteiger charge is 2.31. The zero-order chi connectivity index (χ0) is 16.2. The van der Waals surface area contributed by atoms with Crippen LogP contribution in [0.1, 0.15) is 5.56 Å². The van der Waals surface area contributed by atoms with Crippen LogP contribution in [0.15, 0.2) is 53.7 Å². The number of sulfonamides is 1. The summed E-state index contributed by atoms with van der Waals surface area (Å²) in [6.45, 7) is 0.0473. The van der Waals surface area contributed by atoms with E-state index in [4.69, 9.17) is 0 Å². The van der Waals surface area contributed by atoms with Crippen molar-refractivity contribution in [2.24, 2.45) is 0 Å². The molecule has 2 aromatic rings. The number of nitrogens with one attached hydrogen (secondary N) is 1. The summed E-state index contributed by atoms with van der Waals surface area (Å²) in [4.78, 5) is 3.65. The molecule has 1 aromatic heterocycles. The first kappa shape index (κ1) is 16.2. The molecule has 0 aliphatic heterocycles. The first-order valence-electron chi connectivity index (χ1n) is 6.01. The lowest BCUT2D eigenvalue weighted by atomic mass is 10.3. The Balaban J connectivity index is 2.06. The lowest BCUT2D eigenvalue weighted by molar-refractivity contribution is -0.274. The highest BCUT2D eigenvalue weighted by atomic mass is 32.2. The molecule has 1 N–H and O–H groups in total. The molecule has 0 bridgehead atoms. The lowest BCUT2D eigenvalue weighted by Crippen LogP contribution is -2.23. The summed E-state index contributed by atoms with van der Waals surface area (Å²) >= 11 is 0. The number of ether oxygens (including phenoxy) is 1. The number of pyridine rings is 1. The fourth-order valence-electron chi connectivity index (χ4n) is 1.58. The second-order valence-corrected chi connectivity index (χ2v) is 5.97. The Morgan fingerprint density at radius 3 is 2.18 bits per heavy atom. The van der Waals surface area contributed by atoms with Crippen molar-refractivity contribution < 1.29 is 26.3 Å². The molecule has 0 fully saturated rings. The van der Waals surface area contributed by atoms with E-state index in [2.05, 4.69) is 14.4 Å². The third kappa shape index (κ3) is 4.71. The number of hydrogen-bond donors (Lipinski definition) is 1. The van der Waals surface area contributed by atoms with Gasteiger partial charge in [-0.05, 0) is 42.0 Å². The standard InChI is InChI=1S/C13H11F3N2O3S/c14-13(15,16)21-11-1-3-12(4-2-11)22(19,20)18-9-10-5-7-17-8-6-10/h1-8,18H,9H2. The molecule has 22 heavy (non-hydrogen) atoms. The third-order valence-electron chi connectivity index (χ3n) is 2.58. The molecule has 0 radical (unpaired) electrons. The fraction of sp³-hybridized carbons (Fsp3) is 0.154. The van der Waals surface area contributed by atoms with Crippen LogP contribution in [0.2, 0.25) is 0 Å². The molecule has 0 aliphatic rings. The highest BCUT2D eigenvalue weighted by Crippen LogP contribution is 2.23. The maximum absolute atomic E-state index is 12.0. The van der Waals surface area contributed by atoms with Crippen LogP contribution in [0, 0.1) is 0 Å². The van der Waals surface area contributed by atoms with Crippen LogP contribution in [0.3, 0.4) is 0 Å². The maximum Gasteiger partial charge on any atom is 0.573 e. The molecule has 0 atom stereocenters. The molecule has 5 nitrogen and oxygen atoms in total. The van der Waals surface area contributed by atoms with Gasteiger partial charge < -0.3 is 4.74 Å². The van der Waals surface area contributed by atoms with Gasteiger partial charge in [0.25, 0.3) is 0 Å². The molecule has 0 saturated heterocycles. The number of rotatable bonds is 5. The van der Waals surface area contributed by atoms with Gasteiger partial charge >= 0.3 is 6.36 Å². The van der Waals surface area contributed by atoms with E-state index in [1.165, 1.54) is 12.4 Å². The summed E-state index contributed by atoms with van der Waals surface area (Å²) in [5, 5.41) is 0. The molecule has 1 aromatic carbocycles. The molecule has 0 saturated carbocycles. The number of halogens is 3. The van der Waals surface area contributed by atoms with Crippen LogP contribution in [-0.2, 0) is 16.6 Å². The Bertz CT molecular complexity index is 716. The lowest BCUT2D eigenvalue weighted by Gasteiger charge is -2.10. The van der Waals surface area contributed by atoms with Gasteiger partial charge in [-0.25, -0.2) is 13.1 Å². The van der Waals surface area contributed by atoms with Crippen LogP contribution in [-0.4, -0.2) is 19.8 Å². The minimum absolute atomic E-state index is 0.0473. The summed E-state index contributed by atoms with van der Waals surface area (Å²) in [5.41, 5.74) is 0.704. The zero-order valence-corrected chi connectivity index (χ0v) is 11.9. The van der Waals surface area contributed by atoms with E-state index in [1.807, 2.05) is 0 Å². The van der Waals surface area contributed by atoms with Crippen LogP contribution in [0.25, 0.3) is 0 Å². The van der Waals surface area contributed by atoms with Crippen LogP contribution in [0.5, 0.6) is 5.75 Å². The van der Waals surface area contributed by atoms with Gasteiger partial charge in [-0.15, -0.1) is 13.2 Å². The van der Waals surface area contributed by atoms with Crippen molar-refractivity contribution in [2.75, 3.05) is 0 Å². The van der Waals surface area contributed by atoms with E-state index in [1.54, 1.807) is 12.1 Å². The van der Waals surface area contributed by atoms with E-state index in [0.717, 1.165) is 24.3 Å². The Morgan fingerprint density at radius 2 is 1.64 bits per heavy atom. The van der Waals surface area contributed by atoms with E-state index in [0.29, 0.717) is 5.56 Å². The molecule has 0 spiro atoms. The average Bonchev–Trinajstić information content (AvgIpc) is 2.45. The zero-order valence-electron chi connectivity index (χ0n) is 11.0. The largest absolute Gasteiger partial charge is 0.573 e. The normalized spacial score (nSPS) is 12.1. The molecule has 0 unspecified atom stereocenters. The summed E-state index contributed by atoms with van der Waals surface area (Å²) < 4.78 is 66.1. The number of alkyl halides is 3. The van der Waals surface area contributed by atoms with Crippen molar-refractivity contribution in [1.29, 1.82) is 0 Å². The Kier molecular flexibility index (Phi) is 4.67. The summed E-state index contributed by atoms with van der Waals surface area (Å²) in [7, 11) is -3.83. The van der Waals surface area contributed by atoms with Crippen molar-refractivity contribution in [3.63, 3.8) is 0 Å². The van der Waals surface area contributed by atoms with Gasteiger partial charge in [0, 0.05) is 18.9 Å². The second-order valence-electron chi connectivity index (χ2n) is 4.20. The van der Waals surface area contributed by atoms with Gasteiger partial charge in [0.1, 0.15) is 5.75 Å². The minimum Gasteiger partial charge on any atom is -0.406 e. The van der Waals surface area contributed by atoms with Crippen LogP contribution in [0.4, 0.5) is 13.2 Å². The highest BCUT2D eigenvalue weighted by molar-refractivity contribution is 7.89. The summed E-state index contributed by atoms with van der Waals surface area (Å²) in [5.74, 6) is -0.486. The van der Waals surface area contributed by atoms with Crippen molar-refractivity contribution in [3.8, 4) is 5.75 Å². The summed E-state index contributed by atoms with van der Waals surface area (Å²) in [6.07, 6.45) is -1.78. The van der Waals surface area contributed by atoms with E-state index >= 15 is 0 Å². The Hall–Kier alpha value is -2.13. The quantitative estimate of drug-likeness (QED) is 0.913. The molecular weight excluding hydrogens is 321 g/mol. The first-order chi connectivity index (χ1) is 10.3. The minimum atomic E-state index is -4.82. The van der Waals surface area contributed by atoms with Crippen molar-refractivity contribution in [3.05, 3.63) is 54.4 Å². The number of hydrogen-bond acceptors (Lipinski definition) is 4. The van der Waals surface area contributed by atoms with E-state index in [-0.39, 0.29) is 11.4 Å². The van der Waals surface area contributed by atoms with E-state index in [9.17, 15) is 21.6 Å². The van der Waals surface area contributed by atoms with Crippen molar-refractivity contribution >= 4 is 10.0 Å². The molecule has 0 amide bonds. The molecule has 2 rings (SSSR count). The van der Waals surface area contributed by atoms with Crippen LogP contribution < -0.4 is 9.46 Å². The SMILES string of the molecule is O=S(=O)(NCc1ccncc1)c1ccc(OC(F)(F)F)cc1. The first-order valence-corrected chi connectivity index (χ1v) is 7.49. The topological polar surface area (TPSA) is 68.3 Å². The van der Waals surface area contributed by atoms with Gasteiger partial charge in [0.15, 0.2) is 0 Å². The summed E-state index contributed by atoms with van der Waals surface area (Å²) in [6, 6.07) is 7.24. The van der Waals surface area contributed by atoms with Gasteiger partial charge in [-0.3, -0.25) is 4.98 Å². The number of benzene rings is 1. The number of aromatic nitrogens is 1. The third-order valence-corrected chi connectivity index (χ3v) is 4.00. The molecule has 9 heteroatoms. The predicted molar refractivity (Wildman–Crippen MR) is 71.4 cm³/mol. The maximum atomic E-state index is 12.0. The van der Waals surface area contributed by atoms with Crippen molar-refractivity contribution in [1.82, 2.24) is 9.71 Å². The average molecular weight is 332 g/mol. The fourth-order valence-corrected chi connectivity index (χ4v) is 2.60. The molecular formula is C13H11F3N2O3S. The molecule has 0 aliphatic carbocycles. The van der Waals surface area contributed by atoms with Gasteiger partial charge in [0.2, 0.25) is 10.0 Å². The Morgan fingerprint density at radius 1 is 1.05 bits per heavy atom. The predicted octanol–water partition coefficient (Wildman–Crippen LogP) is 2.46. The van der Waals surface area contributed by atoms with Crippen molar-refractivity contribution in [2.45, 2.75) is 17.8 Å². The van der Waals surface area contributed by atoms with Gasteiger partial charge in [0.05, 0.1) is 4.90 Å².